The van der Waals surface area contributed by atoms with E-state index >= 15 is 0 Å². The molecule has 0 aliphatic rings. The van der Waals surface area contributed by atoms with Crippen LogP contribution in [0.3, 0.4) is 0 Å². The summed E-state index contributed by atoms with van der Waals surface area (Å²) in [5.41, 5.74) is 0. The van der Waals surface area contributed by atoms with E-state index in [2.05, 4.69) is 21.0 Å². The van der Waals surface area contributed by atoms with E-state index in [1.807, 2.05) is 40.5 Å². The molecule has 0 aliphatic carbocycles. The summed E-state index contributed by atoms with van der Waals surface area (Å²) in [5.74, 6) is 0. The molecule has 0 unspecified atom stereocenters. The monoisotopic (exact) mass is 380 g/mol. The third-order valence-electron chi connectivity index (χ3n) is 0.158. The van der Waals surface area contributed by atoms with Gasteiger partial charge in [0, 0.05) is 6.61 Å². The normalized spacial score (nSPS) is 6.00. The van der Waals surface area contributed by atoms with E-state index in [4.69, 9.17) is 5.11 Å². The average molecular weight is 380 g/mol. The first-order valence-corrected chi connectivity index (χ1v) is 9.79. The zero-order valence-electron chi connectivity index (χ0n) is 8.58. The van der Waals surface area contributed by atoms with E-state index in [1.54, 1.807) is 0 Å². The van der Waals surface area contributed by atoms with Crippen molar-refractivity contribution >= 4 is 0 Å². The molecule has 0 spiro atoms. The van der Waals surface area contributed by atoms with E-state index in [-0.39, 0.29) is 6.61 Å². The van der Waals surface area contributed by atoms with Crippen LogP contribution >= 0.6 is 0 Å². The Kier molecular flexibility index (Phi) is 109. The van der Waals surface area contributed by atoms with E-state index in [0.29, 0.717) is 6.42 Å². The van der Waals surface area contributed by atoms with Gasteiger partial charge >= 0.3 is 30.9 Å². The fourth-order valence-electron chi connectivity index (χ4n) is 0. The van der Waals surface area contributed by atoms with Gasteiger partial charge in [0.2, 0.25) is 0 Å². The maximum absolute atomic E-state index is 7.81. The summed E-state index contributed by atoms with van der Waals surface area (Å²) < 4.78 is 0. The molecule has 0 fully saturated rings. The molecule has 75 valence electrons. The van der Waals surface area contributed by atoms with Crippen molar-refractivity contribution in [3.05, 3.63) is 19.8 Å². The van der Waals surface area contributed by atoms with Crippen LogP contribution in [0.1, 0.15) is 34.1 Å². The Bertz CT molecular complexity index is 33.7. The van der Waals surface area contributed by atoms with Crippen molar-refractivity contribution in [2.75, 3.05) is 6.61 Å². The Labute approximate surface area is 96.1 Å². The molecule has 0 aliphatic heterocycles. The molecule has 0 heterocycles. The van der Waals surface area contributed by atoms with Gasteiger partial charge in [0.1, 0.15) is 0 Å². The fraction of sp³-hybridized carbons (Fsp3) is 0.667. The van der Waals surface area contributed by atoms with Crippen LogP contribution < -0.4 is 0 Å². The number of aliphatic hydroxyl groups excluding tert-OH is 1. The van der Waals surface area contributed by atoms with Crippen LogP contribution in [0.5, 0.6) is 0 Å². The molecule has 3 heteroatoms. The molecule has 0 rings (SSSR count). The minimum atomic E-state index is 0.208. The molecule has 0 saturated heterocycles. The van der Waals surface area contributed by atoms with Gasteiger partial charge in [0.15, 0.2) is 0 Å². The van der Waals surface area contributed by atoms with Crippen LogP contribution in [0.25, 0.3) is 0 Å². The van der Waals surface area contributed by atoms with Gasteiger partial charge in [-0.2, -0.15) is 34.1 Å². The molecule has 0 aromatic rings. The van der Waals surface area contributed by atoms with Gasteiger partial charge in [0.05, 0.1) is 0 Å². The van der Waals surface area contributed by atoms with Gasteiger partial charge < -0.3 is 24.9 Å². The maximum atomic E-state index is 7.81. The number of hydrogen-bond donors (Lipinski definition) is 1. The zero-order valence-corrected chi connectivity index (χ0v) is 12.9. The molecule has 0 saturated carbocycles. The Morgan fingerprint density at radius 1 is 1.17 bits per heavy atom. The van der Waals surface area contributed by atoms with Crippen molar-refractivity contribution < 1.29 is 36.0 Å². The summed E-state index contributed by atoms with van der Waals surface area (Å²) in [6.07, 6.45) is 4.62. The average Bonchev–Trinajstić information content (AvgIpc) is 2.10. The third-order valence-corrected chi connectivity index (χ3v) is 0.158. The van der Waals surface area contributed by atoms with E-state index < -0.39 is 0 Å². The Morgan fingerprint density at radius 3 is 1.25 bits per heavy atom. The summed E-state index contributed by atoms with van der Waals surface area (Å²) in [4.78, 5) is 0. The molecular weight excluding hydrogens is 359 g/mol. The van der Waals surface area contributed by atoms with Crippen LogP contribution in [0.4, 0.5) is 0 Å². The fourth-order valence-corrected chi connectivity index (χ4v) is 0. The summed E-state index contributed by atoms with van der Waals surface area (Å²) in [5, 5.41) is 7.81. The molecule has 0 radical (unpaired) electrons. The summed E-state index contributed by atoms with van der Waals surface area (Å²) in [7, 11) is 0. The van der Waals surface area contributed by atoms with Gasteiger partial charge in [-0.1, -0.05) is 0 Å². The first-order valence-electron chi connectivity index (χ1n) is 3.81. The Balaban J connectivity index is -0.0000000368. The van der Waals surface area contributed by atoms with Crippen LogP contribution in [0.2, 0.25) is 0 Å². The molecule has 0 aromatic heterocycles. The van der Waals surface area contributed by atoms with Crippen LogP contribution in [-0.4, -0.2) is 11.7 Å². The first-order chi connectivity index (χ1) is 5.74. The van der Waals surface area contributed by atoms with E-state index in [1.165, 1.54) is 16.8 Å². The van der Waals surface area contributed by atoms with Gasteiger partial charge in [-0.15, -0.1) is 0 Å². The predicted molar refractivity (Wildman–Crippen MR) is 48.4 cm³/mol. The van der Waals surface area contributed by atoms with Crippen molar-refractivity contribution in [3.63, 3.8) is 0 Å². The van der Waals surface area contributed by atoms with Gasteiger partial charge in [-0.05, 0) is 0 Å². The molecule has 0 aromatic carbocycles. The van der Waals surface area contributed by atoms with Crippen molar-refractivity contribution in [1.29, 1.82) is 0 Å². The van der Waals surface area contributed by atoms with Gasteiger partial charge in [0.25, 0.3) is 0 Å². The zero-order chi connectivity index (χ0) is 10.8. The van der Waals surface area contributed by atoms with Gasteiger partial charge in [-0.3, -0.25) is 0 Å². The topological polar surface area (TPSA) is 20.2 Å². The molecule has 0 bridgehead atoms. The van der Waals surface area contributed by atoms with Crippen molar-refractivity contribution in [2.24, 2.45) is 0 Å². The molecule has 12 heavy (non-hydrogen) atoms. The standard InChI is InChI=1S/C3H7O.2C3H7.V.W/c1-2-3-4;2*1-3-2;;/h4H,1-3H2;2*3H,1-2H3;;/q3*-1;+2;. The van der Waals surface area contributed by atoms with Crippen molar-refractivity contribution in [1.82, 2.24) is 0 Å². The van der Waals surface area contributed by atoms with Crippen LogP contribution in [0.15, 0.2) is 0 Å². The van der Waals surface area contributed by atoms with E-state index in [9.17, 15) is 0 Å². The first kappa shape index (κ1) is 23.2. The number of hydrogen-bond acceptors (Lipinski definition) is 1. The second-order valence-electron chi connectivity index (χ2n) is 1.73. The second kappa shape index (κ2) is 56.4. The molecule has 0 amide bonds. The summed E-state index contributed by atoms with van der Waals surface area (Å²) in [6, 6.07) is 0. The summed E-state index contributed by atoms with van der Waals surface area (Å²) in [6.45, 7) is 11.6. The molecule has 1 nitrogen and oxygen atoms in total. The Morgan fingerprint density at radius 2 is 1.25 bits per heavy atom. The third kappa shape index (κ3) is 236. The summed E-state index contributed by atoms with van der Waals surface area (Å²) >= 11 is 3.92. The second-order valence-corrected chi connectivity index (χ2v) is 1.73. The molecular formula is C9H21OVW-. The van der Waals surface area contributed by atoms with Crippen molar-refractivity contribution in [3.8, 4) is 0 Å². The van der Waals surface area contributed by atoms with Crippen LogP contribution in [0, 0.1) is 19.8 Å². The molecule has 1 N–H and O–H groups in total. The van der Waals surface area contributed by atoms with E-state index in [0.717, 1.165) is 0 Å². The minimum absolute atomic E-state index is 0.208. The molecule has 0 atom stereocenters. The number of rotatable bonds is 1. The Hall–Kier alpha value is 1.23. The number of aliphatic hydroxyl groups is 1. The quantitative estimate of drug-likeness (QED) is 0.694. The van der Waals surface area contributed by atoms with Crippen LogP contribution in [-0.2, 0) is 30.9 Å². The predicted octanol–water partition coefficient (Wildman–Crippen LogP) is 2.66. The SMILES string of the molecule is C[CH-]C.C[CH-]C.[CH2-]CCO.[V+2]=[W]. The van der Waals surface area contributed by atoms with Gasteiger partial charge in [-0.25, -0.2) is 0 Å². The van der Waals surface area contributed by atoms with Crippen molar-refractivity contribution in [2.45, 2.75) is 34.1 Å².